The first-order valence-electron chi connectivity index (χ1n) is 6.40. The van der Waals surface area contributed by atoms with Gasteiger partial charge < -0.3 is 9.73 Å². The quantitative estimate of drug-likeness (QED) is 0.877. The lowest BCUT2D eigenvalue weighted by Gasteiger charge is -2.18. The monoisotopic (exact) mass is 244 g/mol. The highest BCUT2D eigenvalue weighted by Crippen LogP contribution is 2.20. The molecule has 0 aliphatic rings. The van der Waals surface area contributed by atoms with E-state index in [1.165, 1.54) is 5.56 Å². The van der Waals surface area contributed by atoms with E-state index in [-0.39, 0.29) is 6.04 Å². The molecule has 0 aromatic carbocycles. The molecule has 0 fully saturated rings. The number of aromatic nitrogens is 1. The van der Waals surface area contributed by atoms with Gasteiger partial charge in [-0.25, -0.2) is 0 Å². The molecule has 2 heterocycles. The van der Waals surface area contributed by atoms with Gasteiger partial charge >= 0.3 is 0 Å². The Labute approximate surface area is 108 Å². The van der Waals surface area contributed by atoms with Crippen LogP contribution < -0.4 is 5.32 Å². The van der Waals surface area contributed by atoms with Crippen LogP contribution in [0.15, 0.2) is 34.9 Å². The fourth-order valence-corrected chi connectivity index (χ4v) is 2.25. The van der Waals surface area contributed by atoms with Gasteiger partial charge in [0.15, 0.2) is 0 Å². The maximum absolute atomic E-state index is 5.44. The normalized spacial score (nSPS) is 12.6. The van der Waals surface area contributed by atoms with Crippen molar-refractivity contribution in [1.82, 2.24) is 10.3 Å². The van der Waals surface area contributed by atoms with Crippen molar-refractivity contribution in [3.05, 3.63) is 53.2 Å². The van der Waals surface area contributed by atoms with E-state index in [4.69, 9.17) is 4.42 Å². The summed E-state index contributed by atoms with van der Waals surface area (Å²) < 4.78 is 5.44. The molecule has 0 radical (unpaired) electrons. The van der Waals surface area contributed by atoms with Gasteiger partial charge in [0.25, 0.3) is 0 Å². The number of nitrogens with zero attached hydrogens (tertiary/aromatic N) is 1. The summed E-state index contributed by atoms with van der Waals surface area (Å²) in [5, 5.41) is 3.50. The Balaban J connectivity index is 2.23. The Bertz CT molecular complexity index is 471. The Hall–Kier alpha value is -1.61. The molecule has 96 valence electrons. The molecular weight excluding hydrogens is 224 g/mol. The van der Waals surface area contributed by atoms with Crippen molar-refractivity contribution in [2.45, 2.75) is 33.2 Å². The van der Waals surface area contributed by atoms with Crippen molar-refractivity contribution in [2.24, 2.45) is 0 Å². The molecule has 0 bridgehead atoms. The van der Waals surface area contributed by atoms with E-state index < -0.39 is 0 Å². The van der Waals surface area contributed by atoms with Crippen LogP contribution in [0.1, 0.15) is 35.7 Å². The minimum Gasteiger partial charge on any atom is -0.469 e. The summed E-state index contributed by atoms with van der Waals surface area (Å²) in [7, 11) is 0. The number of nitrogens with one attached hydrogen (secondary N) is 1. The molecule has 0 spiro atoms. The number of pyridine rings is 1. The van der Waals surface area contributed by atoms with Crippen LogP contribution in [0.3, 0.4) is 0 Å². The minimum absolute atomic E-state index is 0.279. The Morgan fingerprint density at radius 2 is 2.00 bits per heavy atom. The third-order valence-corrected chi connectivity index (χ3v) is 2.94. The molecular formula is C15H20N2O. The van der Waals surface area contributed by atoms with Gasteiger partial charge in [-0.15, -0.1) is 0 Å². The number of hydrogen-bond acceptors (Lipinski definition) is 3. The summed E-state index contributed by atoms with van der Waals surface area (Å²) in [6, 6.07) is 8.51. The van der Waals surface area contributed by atoms with Crippen LogP contribution in [0.4, 0.5) is 0 Å². The first-order chi connectivity index (χ1) is 8.69. The van der Waals surface area contributed by atoms with Crippen molar-refractivity contribution in [2.75, 3.05) is 6.54 Å². The highest BCUT2D eigenvalue weighted by molar-refractivity contribution is 5.24. The second-order valence-electron chi connectivity index (χ2n) is 4.58. The van der Waals surface area contributed by atoms with Crippen LogP contribution in [0, 0.1) is 13.8 Å². The maximum atomic E-state index is 5.44. The topological polar surface area (TPSA) is 38.1 Å². The molecule has 0 aliphatic carbocycles. The van der Waals surface area contributed by atoms with E-state index in [1.807, 2.05) is 26.0 Å². The fourth-order valence-electron chi connectivity index (χ4n) is 2.25. The first-order valence-corrected chi connectivity index (χ1v) is 6.40. The minimum atomic E-state index is 0.279. The predicted octanol–water partition coefficient (Wildman–Crippen LogP) is 3.18. The van der Waals surface area contributed by atoms with Gasteiger partial charge in [0.2, 0.25) is 0 Å². The Morgan fingerprint density at radius 1 is 1.28 bits per heavy atom. The molecule has 2 aromatic heterocycles. The van der Waals surface area contributed by atoms with Gasteiger partial charge in [-0.1, -0.05) is 6.92 Å². The zero-order valence-corrected chi connectivity index (χ0v) is 11.2. The molecule has 1 unspecified atom stereocenters. The van der Waals surface area contributed by atoms with E-state index in [9.17, 15) is 0 Å². The van der Waals surface area contributed by atoms with Crippen molar-refractivity contribution < 1.29 is 4.42 Å². The highest BCUT2D eigenvalue weighted by atomic mass is 16.3. The number of aryl methyl sites for hydroxylation is 2. The lowest BCUT2D eigenvalue weighted by atomic mass is 10.0. The largest absolute Gasteiger partial charge is 0.469 e. The molecule has 0 amide bonds. The van der Waals surface area contributed by atoms with E-state index >= 15 is 0 Å². The van der Waals surface area contributed by atoms with Gasteiger partial charge in [0.1, 0.15) is 5.76 Å². The van der Waals surface area contributed by atoms with Crippen LogP contribution in [-0.2, 0) is 6.42 Å². The molecule has 0 saturated heterocycles. The second-order valence-corrected chi connectivity index (χ2v) is 4.58. The zero-order chi connectivity index (χ0) is 13.0. The predicted molar refractivity (Wildman–Crippen MR) is 72.5 cm³/mol. The van der Waals surface area contributed by atoms with Gasteiger partial charge in [0.05, 0.1) is 6.26 Å². The SMILES string of the molecule is CCNC(Cc1ccco1)c1cc(C)nc(C)c1. The second kappa shape index (κ2) is 5.83. The fraction of sp³-hybridized carbons (Fsp3) is 0.400. The van der Waals surface area contributed by atoms with Gasteiger partial charge in [-0.2, -0.15) is 0 Å². The number of furan rings is 1. The van der Waals surface area contributed by atoms with Crippen LogP contribution in [0.2, 0.25) is 0 Å². The van der Waals surface area contributed by atoms with Gasteiger partial charge in [-0.3, -0.25) is 4.98 Å². The van der Waals surface area contributed by atoms with Crippen LogP contribution in [-0.4, -0.2) is 11.5 Å². The summed E-state index contributed by atoms with van der Waals surface area (Å²) in [5.74, 6) is 1.01. The summed E-state index contributed by atoms with van der Waals surface area (Å²) in [6.07, 6.45) is 2.59. The average molecular weight is 244 g/mol. The number of hydrogen-bond donors (Lipinski definition) is 1. The first kappa shape index (κ1) is 12.8. The average Bonchev–Trinajstić information content (AvgIpc) is 2.80. The van der Waals surface area contributed by atoms with Crippen LogP contribution >= 0.6 is 0 Å². The molecule has 3 nitrogen and oxygen atoms in total. The molecule has 2 rings (SSSR count). The molecule has 0 aliphatic heterocycles. The maximum Gasteiger partial charge on any atom is 0.105 e. The number of rotatable bonds is 5. The lowest BCUT2D eigenvalue weighted by molar-refractivity contribution is 0.454. The molecule has 2 aromatic rings. The van der Waals surface area contributed by atoms with E-state index in [0.29, 0.717) is 0 Å². The molecule has 1 atom stereocenters. The van der Waals surface area contributed by atoms with E-state index in [1.54, 1.807) is 6.26 Å². The van der Waals surface area contributed by atoms with Crippen molar-refractivity contribution in [1.29, 1.82) is 0 Å². The van der Waals surface area contributed by atoms with E-state index in [0.717, 1.165) is 30.1 Å². The Kier molecular flexibility index (Phi) is 4.15. The van der Waals surface area contributed by atoms with Crippen LogP contribution in [0.25, 0.3) is 0 Å². The molecule has 1 N–H and O–H groups in total. The lowest BCUT2D eigenvalue weighted by Crippen LogP contribution is -2.23. The molecule has 18 heavy (non-hydrogen) atoms. The van der Waals surface area contributed by atoms with Crippen molar-refractivity contribution in [3.63, 3.8) is 0 Å². The number of likely N-dealkylation sites (N-methyl/N-ethyl adjacent to an activating group) is 1. The van der Waals surface area contributed by atoms with E-state index in [2.05, 4.69) is 29.4 Å². The highest BCUT2D eigenvalue weighted by Gasteiger charge is 2.13. The smallest absolute Gasteiger partial charge is 0.105 e. The molecule has 0 saturated carbocycles. The van der Waals surface area contributed by atoms with Crippen LogP contribution in [0.5, 0.6) is 0 Å². The standard InChI is InChI=1S/C15H20N2O/c1-4-16-15(10-14-6-5-7-18-14)13-8-11(2)17-12(3)9-13/h5-9,15-16H,4,10H2,1-3H3. The molecule has 3 heteroatoms. The summed E-state index contributed by atoms with van der Waals surface area (Å²) >= 11 is 0. The zero-order valence-electron chi connectivity index (χ0n) is 11.2. The third-order valence-electron chi connectivity index (χ3n) is 2.94. The summed E-state index contributed by atoms with van der Waals surface area (Å²) in [4.78, 5) is 4.42. The summed E-state index contributed by atoms with van der Waals surface area (Å²) in [6.45, 7) is 7.13. The van der Waals surface area contributed by atoms with Crippen molar-refractivity contribution in [3.8, 4) is 0 Å². The van der Waals surface area contributed by atoms with Gasteiger partial charge in [-0.05, 0) is 50.2 Å². The Morgan fingerprint density at radius 3 is 2.56 bits per heavy atom. The third kappa shape index (κ3) is 3.20. The van der Waals surface area contributed by atoms with Crippen molar-refractivity contribution >= 4 is 0 Å². The van der Waals surface area contributed by atoms with Gasteiger partial charge in [0, 0.05) is 23.9 Å². The summed E-state index contributed by atoms with van der Waals surface area (Å²) in [5.41, 5.74) is 3.40.